The molecular formula is C28H32F4N2O3. The van der Waals surface area contributed by atoms with Crippen molar-refractivity contribution in [1.82, 2.24) is 10.2 Å². The molecule has 5 nitrogen and oxygen atoms in total. The first-order chi connectivity index (χ1) is 17.8. The molecule has 1 amide bonds. The topological polar surface area (TPSA) is 50.8 Å². The Morgan fingerprint density at radius 2 is 1.95 bits per heavy atom. The number of nitrogens with zero attached hydrogens (tertiary/aromatic N) is 1. The van der Waals surface area contributed by atoms with E-state index in [0.29, 0.717) is 29.2 Å². The minimum atomic E-state index is -3.03. The Bertz CT molecular complexity index is 1150. The molecule has 1 aliphatic heterocycles. The number of ether oxygens (including phenoxy) is 2. The van der Waals surface area contributed by atoms with Crippen LogP contribution in [0.15, 0.2) is 35.9 Å². The Balaban J connectivity index is 1.57. The molecule has 37 heavy (non-hydrogen) atoms. The molecule has 200 valence electrons. The Morgan fingerprint density at radius 3 is 2.59 bits per heavy atom. The Kier molecular flexibility index (Phi) is 8.74. The summed E-state index contributed by atoms with van der Waals surface area (Å²) >= 11 is 0. The number of carbonyl (C=O) groups excluding carboxylic acids is 1. The predicted octanol–water partition coefficient (Wildman–Crippen LogP) is 5.97. The molecule has 1 N–H and O–H groups in total. The van der Waals surface area contributed by atoms with Gasteiger partial charge < -0.3 is 14.8 Å². The molecule has 0 aromatic heterocycles. The van der Waals surface area contributed by atoms with Crippen molar-refractivity contribution in [3.8, 4) is 11.5 Å². The normalized spacial score (nSPS) is 18.7. The van der Waals surface area contributed by atoms with E-state index >= 15 is 0 Å². The van der Waals surface area contributed by atoms with Crippen molar-refractivity contribution in [2.75, 3.05) is 20.2 Å². The third-order valence-corrected chi connectivity index (χ3v) is 7.19. The second-order valence-electron chi connectivity index (χ2n) is 9.66. The maximum absolute atomic E-state index is 14.0. The van der Waals surface area contributed by atoms with Crippen molar-refractivity contribution in [1.29, 1.82) is 0 Å². The molecule has 2 aromatic rings. The molecule has 0 spiro atoms. The summed E-state index contributed by atoms with van der Waals surface area (Å²) in [5.41, 5.74) is 1.71. The highest BCUT2D eigenvalue weighted by Gasteiger charge is 2.35. The number of likely N-dealkylation sites (tertiary alicyclic amines) is 1. The van der Waals surface area contributed by atoms with Crippen LogP contribution in [0.5, 0.6) is 11.5 Å². The lowest BCUT2D eigenvalue weighted by Gasteiger charge is -2.39. The van der Waals surface area contributed by atoms with Crippen molar-refractivity contribution in [3.63, 3.8) is 0 Å². The van der Waals surface area contributed by atoms with E-state index in [9.17, 15) is 22.4 Å². The van der Waals surface area contributed by atoms with Crippen LogP contribution in [0.1, 0.15) is 60.5 Å². The van der Waals surface area contributed by atoms with Gasteiger partial charge in [-0.2, -0.15) is 8.78 Å². The lowest BCUT2D eigenvalue weighted by atomic mass is 9.89. The van der Waals surface area contributed by atoms with Crippen molar-refractivity contribution in [2.24, 2.45) is 0 Å². The number of hydrogen-bond donors (Lipinski definition) is 1. The van der Waals surface area contributed by atoms with Crippen LogP contribution in [0.2, 0.25) is 0 Å². The summed E-state index contributed by atoms with van der Waals surface area (Å²) < 4.78 is 63.5. The highest BCUT2D eigenvalue weighted by Crippen LogP contribution is 2.39. The van der Waals surface area contributed by atoms with Gasteiger partial charge in [0.2, 0.25) is 0 Å². The molecule has 9 heteroatoms. The second-order valence-corrected chi connectivity index (χ2v) is 9.66. The Morgan fingerprint density at radius 1 is 1.16 bits per heavy atom. The van der Waals surface area contributed by atoms with E-state index in [4.69, 9.17) is 9.47 Å². The maximum Gasteiger partial charge on any atom is 0.387 e. The van der Waals surface area contributed by atoms with E-state index in [2.05, 4.69) is 10.2 Å². The van der Waals surface area contributed by atoms with Gasteiger partial charge in [0.25, 0.3) is 5.91 Å². The zero-order chi connectivity index (χ0) is 26.5. The molecule has 0 unspecified atom stereocenters. The fourth-order valence-corrected chi connectivity index (χ4v) is 5.20. The molecule has 2 aromatic carbocycles. The van der Waals surface area contributed by atoms with Crippen molar-refractivity contribution in [2.45, 2.75) is 64.1 Å². The van der Waals surface area contributed by atoms with Crippen LogP contribution in [0.3, 0.4) is 0 Å². The highest BCUT2D eigenvalue weighted by molar-refractivity contribution is 5.97. The van der Waals surface area contributed by atoms with Crippen LogP contribution in [-0.2, 0) is 6.42 Å². The van der Waals surface area contributed by atoms with Gasteiger partial charge in [-0.1, -0.05) is 18.1 Å². The molecule has 1 heterocycles. The first kappa shape index (κ1) is 27.0. The van der Waals surface area contributed by atoms with E-state index in [1.54, 1.807) is 6.92 Å². The van der Waals surface area contributed by atoms with Crippen LogP contribution in [0.25, 0.3) is 6.08 Å². The number of methoxy groups -OCH3 is 1. The van der Waals surface area contributed by atoms with Gasteiger partial charge >= 0.3 is 6.61 Å². The predicted molar refractivity (Wildman–Crippen MR) is 133 cm³/mol. The molecule has 2 aliphatic rings. The molecule has 4 rings (SSSR count). The Hall–Kier alpha value is -3.07. The molecule has 1 saturated heterocycles. The second kappa shape index (κ2) is 12.0. The first-order valence-corrected chi connectivity index (χ1v) is 12.6. The van der Waals surface area contributed by atoms with Crippen molar-refractivity contribution in [3.05, 3.63) is 64.2 Å². The zero-order valence-corrected chi connectivity index (χ0v) is 21.0. The number of halogens is 4. The van der Waals surface area contributed by atoms with E-state index in [1.807, 2.05) is 0 Å². The minimum absolute atomic E-state index is 0.111. The first-order valence-electron chi connectivity index (χ1n) is 12.6. The van der Waals surface area contributed by atoms with E-state index < -0.39 is 24.2 Å². The van der Waals surface area contributed by atoms with Crippen LogP contribution in [0, 0.1) is 11.6 Å². The SMILES string of the molecule is COc1c(OC(F)F)ccc(C(=O)NCC(C)=Cc2ccc(F)cc2F)c1C[C@@H]1CCCN1C1CCC1. The summed E-state index contributed by atoms with van der Waals surface area (Å²) in [7, 11) is 1.38. The van der Waals surface area contributed by atoms with Crippen molar-refractivity contribution < 1.29 is 31.8 Å². The van der Waals surface area contributed by atoms with E-state index in [1.165, 1.54) is 37.8 Å². The van der Waals surface area contributed by atoms with Crippen molar-refractivity contribution >= 4 is 12.0 Å². The smallest absolute Gasteiger partial charge is 0.387 e. The molecular weight excluding hydrogens is 488 g/mol. The standard InChI is InChI=1S/C28H32F4N2O3/c1-17(13-18-8-9-19(29)14-24(18)30)16-33-27(35)22-10-11-25(37-28(31)32)26(36-2)23(22)15-21-7-4-12-34(21)20-5-3-6-20/h8-11,13-14,20-21,28H,3-7,12,15-16H2,1-2H3,(H,33,35)/t21-/m0/s1. The third kappa shape index (κ3) is 6.44. The van der Waals surface area contributed by atoms with Gasteiger partial charge in [-0.25, -0.2) is 8.78 Å². The summed E-state index contributed by atoms with van der Waals surface area (Å²) in [5.74, 6) is -1.74. The van der Waals surface area contributed by atoms with E-state index in [-0.39, 0.29) is 29.6 Å². The number of carbonyl (C=O) groups is 1. The number of alkyl halides is 2. The van der Waals surface area contributed by atoms with Gasteiger partial charge in [-0.3, -0.25) is 9.69 Å². The van der Waals surface area contributed by atoms with Gasteiger partial charge in [-0.05, 0) is 69.8 Å². The van der Waals surface area contributed by atoms with Crippen LogP contribution in [-0.4, -0.2) is 49.7 Å². The van der Waals surface area contributed by atoms with E-state index in [0.717, 1.165) is 44.4 Å². The monoisotopic (exact) mass is 520 g/mol. The third-order valence-electron chi connectivity index (χ3n) is 7.19. The summed E-state index contributed by atoms with van der Waals surface area (Å²) in [6.07, 6.45) is 7.50. The summed E-state index contributed by atoms with van der Waals surface area (Å²) in [5, 5.41) is 2.82. The number of hydrogen-bond acceptors (Lipinski definition) is 4. The summed E-state index contributed by atoms with van der Waals surface area (Å²) in [6.45, 7) is -0.209. The lowest BCUT2D eigenvalue weighted by Crippen LogP contribution is -2.44. The number of rotatable bonds is 10. The molecule has 0 radical (unpaired) electrons. The maximum atomic E-state index is 14.0. The number of benzene rings is 2. The molecule has 1 aliphatic carbocycles. The largest absolute Gasteiger partial charge is 0.493 e. The summed E-state index contributed by atoms with van der Waals surface area (Å²) in [6, 6.07) is 6.79. The molecule has 1 atom stereocenters. The van der Waals surface area contributed by atoms with Gasteiger partial charge in [-0.15, -0.1) is 0 Å². The average Bonchev–Trinajstić information content (AvgIpc) is 3.25. The van der Waals surface area contributed by atoms with Gasteiger partial charge in [0, 0.05) is 41.4 Å². The molecule has 2 fully saturated rings. The fourth-order valence-electron chi connectivity index (χ4n) is 5.20. The van der Waals surface area contributed by atoms with Crippen LogP contribution in [0.4, 0.5) is 17.6 Å². The Labute approximate surface area is 214 Å². The average molecular weight is 521 g/mol. The molecule has 0 bridgehead atoms. The number of amides is 1. The lowest BCUT2D eigenvalue weighted by molar-refractivity contribution is -0.0512. The van der Waals surface area contributed by atoms with Gasteiger partial charge in [0.1, 0.15) is 11.6 Å². The summed E-state index contributed by atoms with van der Waals surface area (Å²) in [4.78, 5) is 15.7. The number of nitrogens with one attached hydrogen (secondary N) is 1. The quantitative estimate of drug-likeness (QED) is 0.393. The van der Waals surface area contributed by atoms with Gasteiger partial charge in [0.05, 0.1) is 7.11 Å². The zero-order valence-electron chi connectivity index (χ0n) is 21.0. The van der Waals surface area contributed by atoms with Crippen LogP contribution >= 0.6 is 0 Å². The fraction of sp³-hybridized carbons (Fsp3) is 0.464. The molecule has 1 saturated carbocycles. The van der Waals surface area contributed by atoms with Gasteiger partial charge in [0.15, 0.2) is 11.5 Å². The highest BCUT2D eigenvalue weighted by atomic mass is 19.3. The minimum Gasteiger partial charge on any atom is -0.493 e. The van der Waals surface area contributed by atoms with Crippen LogP contribution < -0.4 is 14.8 Å².